The van der Waals surface area contributed by atoms with Gasteiger partial charge in [-0.2, -0.15) is 0 Å². The summed E-state index contributed by atoms with van der Waals surface area (Å²) in [6, 6.07) is 6.05. The summed E-state index contributed by atoms with van der Waals surface area (Å²) in [6.07, 6.45) is -22.9. The second kappa shape index (κ2) is 15.4. The van der Waals surface area contributed by atoms with Gasteiger partial charge in [0.2, 0.25) is 6.29 Å². The lowest BCUT2D eigenvalue weighted by molar-refractivity contribution is -0.333. The Kier molecular flexibility index (Phi) is 11.3. The van der Waals surface area contributed by atoms with Crippen LogP contribution >= 0.6 is 0 Å². The molecule has 2 aromatic rings. The van der Waals surface area contributed by atoms with Crippen LogP contribution in [0.3, 0.4) is 0 Å². The van der Waals surface area contributed by atoms with Crippen LogP contribution in [-0.4, -0.2) is 177 Å². The molecule has 14 N–H and O–H groups in total. The highest BCUT2D eigenvalue weighted by molar-refractivity contribution is 5.69. The van der Waals surface area contributed by atoms with Crippen molar-refractivity contribution in [2.45, 2.75) is 92.1 Å². The van der Waals surface area contributed by atoms with E-state index in [0.29, 0.717) is 0 Å². The van der Waals surface area contributed by atoms with E-state index >= 15 is 0 Å². The molecule has 20 heteroatoms. The maximum absolute atomic E-state index is 11.3. The molecule has 288 valence electrons. The first-order chi connectivity index (χ1) is 24.7. The van der Waals surface area contributed by atoms with E-state index < -0.39 is 129 Å². The molecule has 3 fully saturated rings. The van der Waals surface area contributed by atoms with Gasteiger partial charge in [-0.05, 0) is 18.2 Å². The fraction of sp³-hybridized carbons (Fsp3) is 0.562. The number of hydrogen-bond acceptors (Lipinski definition) is 19. The number of ether oxygens (including phenoxy) is 7. The van der Waals surface area contributed by atoms with Crippen LogP contribution in [0.15, 0.2) is 36.1 Å². The Hall–Kier alpha value is -3.58. The van der Waals surface area contributed by atoms with Crippen molar-refractivity contribution in [3.8, 4) is 28.7 Å². The quantitative estimate of drug-likeness (QED) is 0.0813. The first-order valence-corrected chi connectivity index (χ1v) is 16.1. The molecule has 0 spiro atoms. The molecule has 15 unspecified atom stereocenters. The van der Waals surface area contributed by atoms with Crippen LogP contribution in [0.1, 0.15) is 17.2 Å². The average molecular weight is 746 g/mol. The minimum Gasteiger partial charge on any atom is -0.571 e. The summed E-state index contributed by atoms with van der Waals surface area (Å²) in [5.74, 6) is -1.70. The lowest BCUT2D eigenvalue weighted by Gasteiger charge is -2.44. The molecule has 4 heterocycles. The van der Waals surface area contributed by atoms with Crippen molar-refractivity contribution >= 4 is 6.08 Å². The number of fused-ring (bicyclic) bond motifs is 1. The third-order valence-electron chi connectivity index (χ3n) is 9.22. The SMILES string of the molecule is OCC1OC(OCC2OC(OC3=Cc4c(O)cc(O)cc4[OH+]C3c3ccc(O)c(O)c3)C(OCC3OC(O)C(O)C3O)C(O)C2O)C(O)C(O)C1O. The van der Waals surface area contributed by atoms with Gasteiger partial charge in [0, 0.05) is 12.1 Å². The molecule has 52 heavy (non-hydrogen) atoms. The minimum atomic E-state index is -1.87. The molecule has 6 rings (SSSR count). The van der Waals surface area contributed by atoms with Gasteiger partial charge < -0.3 is 99.5 Å². The summed E-state index contributed by atoms with van der Waals surface area (Å²) in [5.41, 5.74) is 0.311. The number of hydrogen-bond donors (Lipinski definition) is 13. The average Bonchev–Trinajstić information content (AvgIpc) is 3.35. The Labute approximate surface area is 293 Å². The molecule has 0 bridgehead atoms. The number of aliphatic hydroxyl groups is 10. The van der Waals surface area contributed by atoms with Crippen LogP contribution in [0.4, 0.5) is 0 Å². The van der Waals surface area contributed by atoms with Crippen LogP contribution in [0.5, 0.6) is 28.7 Å². The standard InChI is InChI=1S/C32H40O20/c33-7-18-21(38)24(41)27(44)31(51-18)47-9-20-22(39)25(42)29(46-8-19-23(40)26(43)30(45)49-19)32(52-20)50-17-6-12-14(36)4-11(34)5-16(12)48-28(17)10-1-2-13(35)15(37)3-10/h1-6,18-45H,7-9H2/p+1. The maximum Gasteiger partial charge on any atom is 0.270 e. The lowest BCUT2D eigenvalue weighted by atomic mass is 9.97. The first kappa shape index (κ1) is 38.2. The zero-order valence-corrected chi connectivity index (χ0v) is 27.0. The predicted octanol–water partition coefficient (Wildman–Crippen LogP) is -4.05. The van der Waals surface area contributed by atoms with Crippen LogP contribution < -0.4 is 0 Å². The van der Waals surface area contributed by atoms with E-state index in [1.165, 1.54) is 30.3 Å². The van der Waals surface area contributed by atoms with E-state index in [2.05, 4.69) is 4.74 Å². The lowest BCUT2D eigenvalue weighted by Crippen LogP contribution is -2.62. The van der Waals surface area contributed by atoms with Crippen molar-refractivity contribution < 1.29 is 99.5 Å². The number of benzene rings is 2. The Bertz CT molecular complexity index is 1590. The fourth-order valence-corrected chi connectivity index (χ4v) is 6.25. The highest BCUT2D eigenvalue weighted by atomic mass is 16.7. The van der Waals surface area contributed by atoms with Crippen LogP contribution in [0.25, 0.3) is 6.08 Å². The summed E-state index contributed by atoms with van der Waals surface area (Å²) in [4.78, 5) is 0. The molecule has 4 aliphatic rings. The molecule has 0 aromatic heterocycles. The maximum atomic E-state index is 11.3. The fourth-order valence-electron chi connectivity index (χ4n) is 6.25. The van der Waals surface area contributed by atoms with Crippen LogP contribution in [-0.2, 0) is 28.4 Å². The molecule has 0 amide bonds. The number of phenols is 4. The second-order valence-electron chi connectivity index (χ2n) is 12.7. The van der Waals surface area contributed by atoms with Gasteiger partial charge in [0.1, 0.15) is 84.2 Å². The summed E-state index contributed by atoms with van der Waals surface area (Å²) >= 11 is 0. The van der Waals surface area contributed by atoms with Crippen molar-refractivity contribution in [3.05, 3.63) is 47.2 Å². The van der Waals surface area contributed by atoms with E-state index in [0.717, 1.165) is 6.07 Å². The Morgan fingerprint density at radius 2 is 1.27 bits per heavy atom. The van der Waals surface area contributed by atoms with E-state index in [1.54, 1.807) is 0 Å². The van der Waals surface area contributed by atoms with Gasteiger partial charge >= 0.3 is 0 Å². The van der Waals surface area contributed by atoms with E-state index in [9.17, 15) is 66.4 Å². The molecule has 3 saturated heterocycles. The topological polar surface area (TPSA) is 331 Å². The largest absolute Gasteiger partial charge is 0.571 e. The second-order valence-corrected chi connectivity index (χ2v) is 12.7. The molecule has 20 nitrogen and oxygen atoms in total. The number of aliphatic hydroxyl groups excluding tert-OH is 9. The summed E-state index contributed by atoms with van der Waals surface area (Å²) < 4.78 is 38.6. The van der Waals surface area contributed by atoms with Gasteiger partial charge in [-0.1, -0.05) is 0 Å². The van der Waals surface area contributed by atoms with Crippen LogP contribution in [0.2, 0.25) is 0 Å². The highest BCUT2D eigenvalue weighted by Crippen LogP contribution is 2.46. The van der Waals surface area contributed by atoms with Crippen LogP contribution in [0, 0.1) is 0 Å². The van der Waals surface area contributed by atoms with Crippen molar-refractivity contribution in [2.75, 3.05) is 19.8 Å². The van der Waals surface area contributed by atoms with Crippen molar-refractivity contribution in [3.63, 3.8) is 0 Å². The number of aromatic hydroxyl groups is 5. The van der Waals surface area contributed by atoms with Gasteiger partial charge in [-0.3, -0.25) is 0 Å². The third kappa shape index (κ3) is 7.44. The van der Waals surface area contributed by atoms with Crippen molar-refractivity contribution in [1.82, 2.24) is 0 Å². The summed E-state index contributed by atoms with van der Waals surface area (Å²) in [7, 11) is 0. The smallest absolute Gasteiger partial charge is 0.270 e. The molecular weight excluding hydrogens is 704 g/mol. The normalized spacial score (nSPS) is 39.0. The Morgan fingerprint density at radius 1 is 0.615 bits per heavy atom. The molecule has 2 aromatic carbocycles. The van der Waals surface area contributed by atoms with Crippen molar-refractivity contribution in [1.29, 1.82) is 0 Å². The molecule has 0 saturated carbocycles. The van der Waals surface area contributed by atoms with Gasteiger partial charge in [-0.15, -0.1) is 0 Å². The van der Waals surface area contributed by atoms with E-state index in [4.69, 9.17) is 28.4 Å². The summed E-state index contributed by atoms with van der Waals surface area (Å²) in [5, 5.41) is 134. The van der Waals surface area contributed by atoms with E-state index in [-0.39, 0.29) is 28.4 Å². The van der Waals surface area contributed by atoms with Gasteiger partial charge in [0.15, 0.2) is 29.8 Å². The Balaban J connectivity index is 1.30. The first-order valence-electron chi connectivity index (χ1n) is 16.1. The van der Waals surface area contributed by atoms with Crippen molar-refractivity contribution in [2.24, 2.45) is 0 Å². The molecule has 0 radical (unpaired) electrons. The zero-order valence-electron chi connectivity index (χ0n) is 27.0. The third-order valence-corrected chi connectivity index (χ3v) is 9.22. The number of phenolic OH excluding ortho intramolecular Hbond substituents is 4. The highest BCUT2D eigenvalue weighted by Gasteiger charge is 2.51. The van der Waals surface area contributed by atoms with Gasteiger partial charge in [0.25, 0.3) is 11.9 Å². The number of rotatable bonds is 10. The zero-order chi connectivity index (χ0) is 37.6. The molecule has 4 aliphatic heterocycles. The summed E-state index contributed by atoms with van der Waals surface area (Å²) in [6.45, 7) is -1.98. The predicted molar refractivity (Wildman–Crippen MR) is 166 cm³/mol. The molecular formula is C32H41O20+. The van der Waals surface area contributed by atoms with Gasteiger partial charge in [-0.25, -0.2) is 0 Å². The van der Waals surface area contributed by atoms with Gasteiger partial charge in [0.05, 0.1) is 31.5 Å². The minimum absolute atomic E-state index is 0.0777. The van der Waals surface area contributed by atoms with E-state index in [1.807, 2.05) is 0 Å². The molecule has 0 aliphatic carbocycles. The molecule has 15 atom stereocenters. The Morgan fingerprint density at radius 3 is 1.94 bits per heavy atom. The monoisotopic (exact) mass is 745 g/mol.